The Morgan fingerprint density at radius 1 is 1.16 bits per heavy atom. The average Bonchev–Trinajstić information content (AvgIpc) is 2.39. The third-order valence-corrected chi connectivity index (χ3v) is 3.13. The van der Waals surface area contributed by atoms with E-state index < -0.39 is 0 Å². The highest BCUT2D eigenvalue weighted by Gasteiger charge is 2.09. The number of halogens is 1. The van der Waals surface area contributed by atoms with Gasteiger partial charge in [0.25, 0.3) is 0 Å². The predicted molar refractivity (Wildman–Crippen MR) is 77.6 cm³/mol. The molecule has 0 saturated carbocycles. The summed E-state index contributed by atoms with van der Waals surface area (Å²) in [5, 5.41) is 8.10. The lowest BCUT2D eigenvalue weighted by Crippen LogP contribution is -2.39. The van der Waals surface area contributed by atoms with Gasteiger partial charge in [0.05, 0.1) is 19.1 Å². The van der Waals surface area contributed by atoms with E-state index in [1.165, 1.54) is 0 Å². The third kappa shape index (κ3) is 5.85. The fraction of sp³-hybridized carbons (Fsp3) is 0.385. The summed E-state index contributed by atoms with van der Waals surface area (Å²) in [5.41, 5.74) is 1.03. The molecule has 1 atom stereocenters. The molecule has 3 N–H and O–H groups in total. The number of nitrogens with one attached hydrogen (secondary N) is 3. The zero-order valence-electron chi connectivity index (χ0n) is 11.0. The van der Waals surface area contributed by atoms with Crippen LogP contribution in [0, 0.1) is 0 Å². The number of hydrogen-bond donors (Lipinski definition) is 3. The molecule has 0 radical (unpaired) electrons. The molecule has 5 nitrogen and oxygen atoms in total. The molecular weight excluding hydrogens is 310 g/mol. The molecule has 0 spiro atoms. The first-order valence-electron chi connectivity index (χ1n) is 5.99. The van der Waals surface area contributed by atoms with Crippen LogP contribution in [-0.2, 0) is 9.59 Å². The van der Waals surface area contributed by atoms with Crippen LogP contribution in [-0.4, -0.2) is 32.0 Å². The van der Waals surface area contributed by atoms with Crippen LogP contribution in [0.3, 0.4) is 0 Å². The lowest BCUT2D eigenvalue weighted by molar-refractivity contribution is -0.121. The predicted octanol–water partition coefficient (Wildman–Crippen LogP) is 0.962. The van der Waals surface area contributed by atoms with Gasteiger partial charge in [-0.15, -0.1) is 0 Å². The van der Waals surface area contributed by atoms with Crippen molar-refractivity contribution in [3.8, 4) is 0 Å². The highest BCUT2D eigenvalue weighted by Crippen LogP contribution is 2.16. The van der Waals surface area contributed by atoms with Crippen molar-refractivity contribution in [1.29, 1.82) is 0 Å². The summed E-state index contributed by atoms with van der Waals surface area (Å²) in [6.45, 7) is 2.17. The fourth-order valence-corrected chi connectivity index (χ4v) is 1.77. The van der Waals surface area contributed by atoms with E-state index in [1.807, 2.05) is 31.2 Å². The minimum Gasteiger partial charge on any atom is -0.358 e. The van der Waals surface area contributed by atoms with Crippen LogP contribution >= 0.6 is 15.9 Å². The monoisotopic (exact) mass is 327 g/mol. The number of likely N-dealkylation sites (N-methyl/N-ethyl adjacent to an activating group) is 1. The molecule has 2 amide bonds. The molecule has 0 heterocycles. The van der Waals surface area contributed by atoms with Gasteiger partial charge in [0, 0.05) is 11.5 Å². The van der Waals surface area contributed by atoms with Crippen LogP contribution in [0.4, 0.5) is 0 Å². The largest absolute Gasteiger partial charge is 0.358 e. The molecule has 0 aliphatic heterocycles. The van der Waals surface area contributed by atoms with E-state index in [0.29, 0.717) is 0 Å². The van der Waals surface area contributed by atoms with E-state index in [2.05, 4.69) is 31.9 Å². The summed E-state index contributed by atoms with van der Waals surface area (Å²) in [6.07, 6.45) is 0. The molecule has 104 valence electrons. The van der Waals surface area contributed by atoms with Gasteiger partial charge in [-0.25, -0.2) is 0 Å². The smallest absolute Gasteiger partial charge is 0.234 e. The van der Waals surface area contributed by atoms with Crippen LogP contribution in [0.5, 0.6) is 0 Å². The van der Waals surface area contributed by atoms with Crippen LogP contribution in [0.1, 0.15) is 18.5 Å². The topological polar surface area (TPSA) is 70.2 Å². The van der Waals surface area contributed by atoms with Crippen molar-refractivity contribution in [3.05, 3.63) is 34.3 Å². The first-order chi connectivity index (χ1) is 9.02. The second kappa shape index (κ2) is 7.91. The molecule has 0 aliphatic carbocycles. The molecular formula is C13H18BrN3O2. The van der Waals surface area contributed by atoms with Gasteiger partial charge in [0.1, 0.15) is 0 Å². The third-order valence-electron chi connectivity index (χ3n) is 2.60. The van der Waals surface area contributed by atoms with Crippen molar-refractivity contribution in [1.82, 2.24) is 16.0 Å². The Labute approximate surface area is 121 Å². The number of rotatable bonds is 6. The maximum Gasteiger partial charge on any atom is 0.234 e. The Balaban J connectivity index is 2.35. The van der Waals surface area contributed by atoms with Crippen molar-refractivity contribution < 1.29 is 9.59 Å². The molecule has 1 rings (SSSR count). The van der Waals surface area contributed by atoms with E-state index in [-0.39, 0.29) is 30.9 Å². The summed E-state index contributed by atoms with van der Waals surface area (Å²) in [5.74, 6) is -0.284. The first-order valence-corrected chi connectivity index (χ1v) is 6.78. The Bertz CT molecular complexity index is 434. The fourth-order valence-electron chi connectivity index (χ4n) is 1.51. The van der Waals surface area contributed by atoms with Gasteiger partial charge in [-0.2, -0.15) is 0 Å². The average molecular weight is 328 g/mol. The van der Waals surface area contributed by atoms with Crippen molar-refractivity contribution >= 4 is 27.7 Å². The molecule has 0 fully saturated rings. The normalized spacial score (nSPS) is 11.7. The molecule has 1 aromatic carbocycles. The van der Waals surface area contributed by atoms with Crippen molar-refractivity contribution in [2.24, 2.45) is 0 Å². The van der Waals surface area contributed by atoms with Crippen LogP contribution < -0.4 is 16.0 Å². The molecule has 1 aromatic rings. The number of hydrogen-bond acceptors (Lipinski definition) is 3. The van der Waals surface area contributed by atoms with E-state index in [9.17, 15) is 9.59 Å². The number of amides is 2. The maximum atomic E-state index is 11.6. The minimum absolute atomic E-state index is 0.0672. The van der Waals surface area contributed by atoms with Gasteiger partial charge >= 0.3 is 0 Å². The van der Waals surface area contributed by atoms with Gasteiger partial charge in [0.2, 0.25) is 11.8 Å². The zero-order chi connectivity index (χ0) is 14.3. The zero-order valence-corrected chi connectivity index (χ0v) is 12.6. The van der Waals surface area contributed by atoms with Crippen molar-refractivity contribution in [2.75, 3.05) is 20.1 Å². The molecule has 0 aliphatic rings. The number of carbonyl (C=O) groups is 2. The molecule has 0 unspecified atom stereocenters. The summed E-state index contributed by atoms with van der Waals surface area (Å²) >= 11 is 3.36. The molecule has 0 saturated heterocycles. The second-order valence-electron chi connectivity index (χ2n) is 4.12. The quantitative estimate of drug-likeness (QED) is 0.729. The van der Waals surface area contributed by atoms with Gasteiger partial charge in [-0.05, 0) is 24.6 Å². The molecule has 6 heteroatoms. The maximum absolute atomic E-state index is 11.6. The van der Waals surface area contributed by atoms with Gasteiger partial charge in [-0.3, -0.25) is 14.9 Å². The van der Waals surface area contributed by atoms with Gasteiger partial charge in [0.15, 0.2) is 0 Å². The van der Waals surface area contributed by atoms with Crippen LogP contribution in [0.25, 0.3) is 0 Å². The Hall–Kier alpha value is -1.40. The van der Waals surface area contributed by atoms with Gasteiger partial charge in [-0.1, -0.05) is 28.1 Å². The van der Waals surface area contributed by atoms with E-state index in [4.69, 9.17) is 0 Å². The van der Waals surface area contributed by atoms with Crippen LogP contribution in [0.2, 0.25) is 0 Å². The summed E-state index contributed by atoms with van der Waals surface area (Å²) in [6, 6.07) is 7.70. The van der Waals surface area contributed by atoms with E-state index >= 15 is 0 Å². The number of benzene rings is 1. The number of carbonyl (C=O) groups excluding carboxylic acids is 2. The lowest BCUT2D eigenvalue weighted by atomic mass is 10.1. The van der Waals surface area contributed by atoms with Crippen molar-refractivity contribution in [3.63, 3.8) is 0 Å². The standard InChI is InChI=1S/C13H18BrN3O2/c1-9(10-3-5-11(14)6-4-10)17-13(19)8-16-7-12(18)15-2/h3-6,9,16H,7-8H2,1-2H3,(H,15,18)(H,17,19)/t9-/m0/s1. The Kier molecular flexibility index (Phi) is 6.52. The van der Waals surface area contributed by atoms with Gasteiger partial charge < -0.3 is 10.6 Å². The van der Waals surface area contributed by atoms with E-state index in [0.717, 1.165) is 10.0 Å². The van der Waals surface area contributed by atoms with Crippen LogP contribution in [0.15, 0.2) is 28.7 Å². The SMILES string of the molecule is CNC(=O)CNCC(=O)N[C@@H](C)c1ccc(Br)cc1. The summed E-state index contributed by atoms with van der Waals surface area (Å²) < 4.78 is 1.00. The molecule has 19 heavy (non-hydrogen) atoms. The molecule has 0 aromatic heterocycles. The lowest BCUT2D eigenvalue weighted by Gasteiger charge is -2.14. The van der Waals surface area contributed by atoms with E-state index in [1.54, 1.807) is 7.05 Å². The first kappa shape index (κ1) is 15.7. The summed E-state index contributed by atoms with van der Waals surface area (Å²) in [4.78, 5) is 22.6. The highest BCUT2D eigenvalue weighted by molar-refractivity contribution is 9.10. The molecule has 0 bridgehead atoms. The van der Waals surface area contributed by atoms with Crippen molar-refractivity contribution in [2.45, 2.75) is 13.0 Å². The second-order valence-corrected chi connectivity index (χ2v) is 5.03. The highest BCUT2D eigenvalue weighted by atomic mass is 79.9. The minimum atomic E-state index is -0.145. The summed E-state index contributed by atoms with van der Waals surface area (Å²) in [7, 11) is 1.56. The Morgan fingerprint density at radius 2 is 1.74 bits per heavy atom. The Morgan fingerprint density at radius 3 is 2.32 bits per heavy atom.